The minimum Gasteiger partial charge on any atom is -0.487 e. The van der Waals surface area contributed by atoms with Crippen molar-refractivity contribution in [3.05, 3.63) is 86.4 Å². The third-order valence-electron chi connectivity index (χ3n) is 5.26. The molecule has 4 aromatic rings. The molecule has 8 heteroatoms. The number of pyridine rings is 2. The highest BCUT2D eigenvalue weighted by Crippen LogP contribution is 2.34. The third kappa shape index (κ3) is 4.62. The number of hydrogen-bond acceptors (Lipinski definition) is 5. The summed E-state index contributed by atoms with van der Waals surface area (Å²) in [5.74, 6) is 0.517. The lowest BCUT2D eigenvalue weighted by Crippen LogP contribution is -2.16. The van der Waals surface area contributed by atoms with Crippen LogP contribution < -0.4 is 15.6 Å². The zero-order chi connectivity index (χ0) is 20.5. The summed E-state index contributed by atoms with van der Waals surface area (Å²) < 4.78 is 8.59. The number of halogens is 2. The van der Waals surface area contributed by atoms with E-state index in [9.17, 15) is 4.79 Å². The highest BCUT2D eigenvalue weighted by atomic mass is 35.5. The number of rotatable bonds is 4. The second-order valence-electron chi connectivity index (χ2n) is 7.29. The van der Waals surface area contributed by atoms with Crippen LogP contribution in [0.15, 0.2) is 59.7 Å². The van der Waals surface area contributed by atoms with E-state index < -0.39 is 0 Å². The smallest absolute Gasteiger partial charge is 0.258 e. The van der Waals surface area contributed by atoms with Crippen LogP contribution in [0.5, 0.6) is 5.75 Å². The van der Waals surface area contributed by atoms with Gasteiger partial charge in [0.25, 0.3) is 5.56 Å². The van der Waals surface area contributed by atoms with Gasteiger partial charge >= 0.3 is 0 Å². The maximum atomic E-state index is 12.7. The van der Waals surface area contributed by atoms with Crippen molar-refractivity contribution in [1.82, 2.24) is 14.9 Å². The molecular weight excluding hydrogens is 453 g/mol. The number of thiophene rings is 1. The summed E-state index contributed by atoms with van der Waals surface area (Å²) in [6.07, 6.45) is 5.62. The summed E-state index contributed by atoms with van der Waals surface area (Å²) >= 11 is 7.69. The van der Waals surface area contributed by atoms with Crippen LogP contribution in [-0.4, -0.2) is 16.1 Å². The van der Waals surface area contributed by atoms with E-state index in [1.54, 1.807) is 35.2 Å². The molecule has 3 aromatic heterocycles. The van der Waals surface area contributed by atoms with Crippen molar-refractivity contribution in [1.29, 1.82) is 0 Å². The van der Waals surface area contributed by atoms with Crippen LogP contribution in [0.2, 0.25) is 5.02 Å². The molecule has 0 aliphatic carbocycles. The first-order valence-electron chi connectivity index (χ1n) is 9.89. The summed E-state index contributed by atoms with van der Waals surface area (Å²) in [5.41, 5.74) is 2.89. The molecule has 5 rings (SSSR count). The van der Waals surface area contributed by atoms with Gasteiger partial charge in [0.15, 0.2) is 0 Å². The molecule has 160 valence electrons. The molecule has 1 aliphatic heterocycles. The Morgan fingerprint density at radius 3 is 2.90 bits per heavy atom. The monoisotopic (exact) mass is 473 g/mol. The van der Waals surface area contributed by atoms with Gasteiger partial charge < -0.3 is 10.1 Å². The summed E-state index contributed by atoms with van der Waals surface area (Å²) in [4.78, 5) is 18.4. The lowest BCUT2D eigenvalue weighted by Gasteiger charge is -2.09. The fourth-order valence-electron chi connectivity index (χ4n) is 3.74. The summed E-state index contributed by atoms with van der Waals surface area (Å²) in [6, 6.07) is 13.1. The molecule has 5 nitrogen and oxygen atoms in total. The Bertz CT molecular complexity index is 1270. The molecule has 0 saturated heterocycles. The van der Waals surface area contributed by atoms with E-state index in [2.05, 4.69) is 22.4 Å². The fraction of sp³-hybridized carbons (Fsp3) is 0.217. The summed E-state index contributed by atoms with van der Waals surface area (Å²) in [7, 11) is 0. The minimum atomic E-state index is -0.129. The lowest BCUT2D eigenvalue weighted by molar-refractivity contribution is 0.300. The van der Waals surface area contributed by atoms with E-state index >= 15 is 0 Å². The molecule has 0 fully saturated rings. The topological polar surface area (TPSA) is 56.1 Å². The maximum Gasteiger partial charge on any atom is 0.258 e. The van der Waals surface area contributed by atoms with Crippen LogP contribution >= 0.6 is 35.3 Å². The molecule has 0 spiro atoms. The SMILES string of the molecule is Cl.O=c1cc(OCc2ccc(Cl)cn2)ccn1-c1ccc2c3c(sc2c1)CCCNC3. The molecular formula is C23H21Cl2N3O2S. The van der Waals surface area contributed by atoms with Gasteiger partial charge in [0, 0.05) is 34.6 Å². The number of fused-ring (bicyclic) bond motifs is 3. The Kier molecular flexibility index (Phi) is 6.62. The van der Waals surface area contributed by atoms with Crippen molar-refractivity contribution in [2.75, 3.05) is 6.54 Å². The van der Waals surface area contributed by atoms with Crippen LogP contribution in [0.4, 0.5) is 0 Å². The van der Waals surface area contributed by atoms with Gasteiger partial charge in [0.2, 0.25) is 0 Å². The average Bonchev–Trinajstić information content (AvgIpc) is 2.93. The predicted molar refractivity (Wildman–Crippen MR) is 128 cm³/mol. The maximum absolute atomic E-state index is 12.7. The Labute approximate surface area is 195 Å². The number of nitrogens with one attached hydrogen (secondary N) is 1. The highest BCUT2D eigenvalue weighted by molar-refractivity contribution is 7.19. The number of aromatic nitrogens is 2. The number of aryl methyl sites for hydroxylation is 1. The highest BCUT2D eigenvalue weighted by Gasteiger charge is 2.15. The molecule has 0 atom stereocenters. The molecule has 0 bridgehead atoms. The first-order valence-corrected chi connectivity index (χ1v) is 11.1. The Morgan fingerprint density at radius 2 is 2.10 bits per heavy atom. The molecule has 1 aromatic carbocycles. The van der Waals surface area contributed by atoms with Crippen molar-refractivity contribution in [2.45, 2.75) is 26.0 Å². The molecule has 1 aliphatic rings. The lowest BCUT2D eigenvalue weighted by atomic mass is 10.1. The molecule has 0 saturated carbocycles. The average molecular weight is 474 g/mol. The van der Waals surface area contributed by atoms with E-state index in [0.717, 1.165) is 30.9 Å². The van der Waals surface area contributed by atoms with Crippen molar-refractivity contribution >= 4 is 45.4 Å². The number of nitrogens with zero attached hydrogens (tertiary/aromatic N) is 2. The zero-order valence-electron chi connectivity index (χ0n) is 16.6. The molecule has 4 heterocycles. The Morgan fingerprint density at radius 1 is 1.19 bits per heavy atom. The van der Waals surface area contributed by atoms with Crippen LogP contribution in [-0.2, 0) is 19.6 Å². The van der Waals surface area contributed by atoms with Gasteiger partial charge in [0.05, 0.1) is 16.4 Å². The minimum absolute atomic E-state index is 0. The second kappa shape index (κ2) is 9.40. The quantitative estimate of drug-likeness (QED) is 0.445. The summed E-state index contributed by atoms with van der Waals surface area (Å²) in [6.45, 7) is 2.27. The Hall–Kier alpha value is -2.38. The molecule has 0 radical (unpaired) electrons. The van der Waals surface area contributed by atoms with Gasteiger partial charge in [-0.25, -0.2) is 0 Å². The molecule has 0 amide bonds. The summed E-state index contributed by atoms with van der Waals surface area (Å²) in [5, 5.41) is 5.37. The van der Waals surface area contributed by atoms with Gasteiger partial charge in [-0.2, -0.15) is 0 Å². The fourth-order valence-corrected chi connectivity index (χ4v) is 5.15. The number of benzene rings is 1. The van der Waals surface area contributed by atoms with E-state index in [1.165, 1.54) is 33.0 Å². The number of ether oxygens (including phenoxy) is 1. The first kappa shape index (κ1) is 21.8. The molecule has 31 heavy (non-hydrogen) atoms. The van der Waals surface area contributed by atoms with Crippen LogP contribution in [0.3, 0.4) is 0 Å². The van der Waals surface area contributed by atoms with Crippen LogP contribution in [0, 0.1) is 0 Å². The van der Waals surface area contributed by atoms with Gasteiger partial charge in [-0.05, 0) is 60.7 Å². The largest absolute Gasteiger partial charge is 0.487 e. The van der Waals surface area contributed by atoms with Crippen LogP contribution in [0.25, 0.3) is 15.8 Å². The normalized spacial score (nSPS) is 13.3. The van der Waals surface area contributed by atoms with Gasteiger partial charge in [-0.15, -0.1) is 23.7 Å². The second-order valence-corrected chi connectivity index (χ2v) is 8.86. The predicted octanol–water partition coefficient (Wildman–Crippen LogP) is 5.14. The van der Waals surface area contributed by atoms with Gasteiger partial charge in [0.1, 0.15) is 12.4 Å². The van der Waals surface area contributed by atoms with E-state index in [-0.39, 0.29) is 24.6 Å². The van der Waals surface area contributed by atoms with Crippen molar-refractivity contribution in [2.24, 2.45) is 0 Å². The van der Waals surface area contributed by atoms with E-state index in [4.69, 9.17) is 16.3 Å². The van der Waals surface area contributed by atoms with E-state index in [1.807, 2.05) is 17.4 Å². The van der Waals surface area contributed by atoms with Crippen molar-refractivity contribution in [3.8, 4) is 11.4 Å². The first-order chi connectivity index (χ1) is 14.7. The Balaban J connectivity index is 0.00000231. The van der Waals surface area contributed by atoms with E-state index in [0.29, 0.717) is 10.8 Å². The van der Waals surface area contributed by atoms with Crippen molar-refractivity contribution < 1.29 is 4.74 Å². The van der Waals surface area contributed by atoms with Crippen LogP contribution in [0.1, 0.15) is 22.6 Å². The van der Waals surface area contributed by atoms with Gasteiger partial charge in [-0.1, -0.05) is 17.7 Å². The number of hydrogen-bond donors (Lipinski definition) is 1. The molecule has 0 unspecified atom stereocenters. The van der Waals surface area contributed by atoms with Gasteiger partial charge in [-0.3, -0.25) is 14.3 Å². The molecule has 1 N–H and O–H groups in total. The van der Waals surface area contributed by atoms with Crippen molar-refractivity contribution in [3.63, 3.8) is 0 Å². The zero-order valence-corrected chi connectivity index (χ0v) is 19.0. The standard InChI is InChI=1S/C23H20ClN3O2S.ClH/c24-15-3-4-16(26-12-15)14-29-18-7-9-27(23(28)11-18)17-5-6-19-20-13-25-8-1-2-21(20)30-22(19)10-17;/h3-7,9-12,25H,1-2,8,13-14H2;1H. The third-order valence-corrected chi connectivity index (χ3v) is 6.74.